The molecule has 0 fully saturated rings. The molecule has 4 rings (SSSR count). The van der Waals surface area contributed by atoms with Gasteiger partial charge in [-0.25, -0.2) is 0 Å². The number of amides is 1. The quantitative estimate of drug-likeness (QED) is 0.585. The van der Waals surface area contributed by atoms with Crippen LogP contribution in [0.25, 0.3) is 10.9 Å². The number of aromatic nitrogens is 4. The Morgan fingerprint density at radius 2 is 1.93 bits per heavy atom. The number of hydrogen-bond donors (Lipinski definition) is 1. The summed E-state index contributed by atoms with van der Waals surface area (Å²) < 4.78 is 3.54. The number of anilines is 1. The van der Waals surface area contributed by atoms with Crippen LogP contribution in [0.1, 0.15) is 16.7 Å². The molecule has 0 saturated carbocycles. The lowest BCUT2D eigenvalue weighted by Crippen LogP contribution is -2.15. The topological polar surface area (TPSA) is 88.5 Å². The van der Waals surface area contributed by atoms with E-state index in [2.05, 4.69) is 21.6 Å². The van der Waals surface area contributed by atoms with E-state index in [0.717, 1.165) is 22.0 Å². The Morgan fingerprint density at radius 3 is 2.71 bits per heavy atom. The van der Waals surface area contributed by atoms with Gasteiger partial charge in [-0.1, -0.05) is 24.3 Å². The van der Waals surface area contributed by atoms with Gasteiger partial charge in [0.05, 0.1) is 36.3 Å². The predicted octanol–water partition coefficient (Wildman–Crippen LogP) is 2.87. The number of aryl methyl sites for hydroxylation is 1. The number of nitrogens with zero attached hydrogens (tertiary/aromatic N) is 5. The van der Waals surface area contributed by atoms with E-state index >= 15 is 0 Å². The largest absolute Gasteiger partial charge is 0.309 e. The Balaban J connectivity index is 1.39. The maximum absolute atomic E-state index is 12.4. The third-order valence-electron chi connectivity index (χ3n) is 4.51. The number of carbonyl (C=O) groups is 1. The molecule has 0 atom stereocenters. The van der Waals surface area contributed by atoms with Gasteiger partial charge in [-0.2, -0.15) is 15.5 Å². The number of hydrogen-bond acceptors (Lipinski definition) is 4. The fourth-order valence-corrected chi connectivity index (χ4v) is 3.06. The van der Waals surface area contributed by atoms with Crippen LogP contribution in [0.3, 0.4) is 0 Å². The molecule has 7 nitrogen and oxygen atoms in total. The van der Waals surface area contributed by atoms with Crippen LogP contribution in [0.5, 0.6) is 0 Å². The molecule has 0 aliphatic rings. The minimum absolute atomic E-state index is 0.120. The Kier molecular flexibility index (Phi) is 4.60. The van der Waals surface area contributed by atoms with Crippen molar-refractivity contribution in [2.75, 3.05) is 5.32 Å². The monoisotopic (exact) mass is 370 g/mol. The smallest absolute Gasteiger partial charge is 0.229 e. The second kappa shape index (κ2) is 7.37. The molecule has 4 aromatic rings. The highest BCUT2D eigenvalue weighted by Crippen LogP contribution is 2.16. The van der Waals surface area contributed by atoms with Crippen LogP contribution in [0.2, 0.25) is 0 Å². The molecular formula is C21H18N6O. The molecule has 2 heterocycles. The van der Waals surface area contributed by atoms with Gasteiger partial charge in [-0.15, -0.1) is 0 Å². The van der Waals surface area contributed by atoms with E-state index in [9.17, 15) is 4.79 Å². The molecule has 0 bridgehead atoms. The van der Waals surface area contributed by atoms with Gasteiger partial charge < -0.3 is 5.32 Å². The van der Waals surface area contributed by atoms with Gasteiger partial charge >= 0.3 is 0 Å². The molecule has 28 heavy (non-hydrogen) atoms. The zero-order valence-corrected chi connectivity index (χ0v) is 15.3. The molecule has 0 aliphatic heterocycles. The normalized spacial score (nSPS) is 10.7. The average Bonchev–Trinajstić information content (AvgIpc) is 3.29. The van der Waals surface area contributed by atoms with Crippen molar-refractivity contribution in [1.82, 2.24) is 19.6 Å². The maximum atomic E-state index is 12.4. The number of fused-ring (bicyclic) bond motifs is 1. The highest BCUT2D eigenvalue weighted by Gasteiger charge is 2.09. The average molecular weight is 370 g/mol. The van der Waals surface area contributed by atoms with Gasteiger partial charge in [0.15, 0.2) is 5.82 Å². The van der Waals surface area contributed by atoms with Crippen molar-refractivity contribution in [1.29, 1.82) is 5.26 Å². The lowest BCUT2D eigenvalue weighted by atomic mass is 10.1. The molecule has 1 amide bonds. The molecular weight excluding hydrogens is 352 g/mol. The summed E-state index contributed by atoms with van der Waals surface area (Å²) in [6, 6.07) is 17.1. The summed E-state index contributed by atoms with van der Waals surface area (Å²) in [5.41, 5.74) is 3.58. The third kappa shape index (κ3) is 3.76. The number of nitriles is 1. The first kappa shape index (κ1) is 17.5. The van der Waals surface area contributed by atoms with Crippen LogP contribution in [-0.2, 0) is 24.8 Å². The fraction of sp³-hybridized carbons (Fsp3) is 0.143. The van der Waals surface area contributed by atoms with Gasteiger partial charge in [-0.3, -0.25) is 14.2 Å². The van der Waals surface area contributed by atoms with E-state index in [4.69, 9.17) is 5.26 Å². The summed E-state index contributed by atoms with van der Waals surface area (Å²) in [7, 11) is 1.88. The lowest BCUT2D eigenvalue weighted by Gasteiger charge is -2.04. The summed E-state index contributed by atoms with van der Waals surface area (Å²) in [5, 5.41) is 21.3. The van der Waals surface area contributed by atoms with Gasteiger partial charge in [-0.05, 0) is 29.3 Å². The van der Waals surface area contributed by atoms with Crippen molar-refractivity contribution in [3.63, 3.8) is 0 Å². The SMILES string of the molecule is Cn1ncc2ccc(CC(=O)Nc3ccn(Cc4ccc(C#N)cc4)n3)cc21. The zero-order valence-electron chi connectivity index (χ0n) is 15.3. The van der Waals surface area contributed by atoms with Crippen LogP contribution in [0, 0.1) is 11.3 Å². The number of carbonyl (C=O) groups excluding carboxylic acids is 1. The van der Waals surface area contributed by atoms with Crippen molar-refractivity contribution in [2.24, 2.45) is 7.05 Å². The summed E-state index contributed by atoms with van der Waals surface area (Å²) in [6.45, 7) is 0.568. The maximum Gasteiger partial charge on any atom is 0.229 e. The molecule has 0 spiro atoms. The van der Waals surface area contributed by atoms with Crippen molar-refractivity contribution in [3.8, 4) is 6.07 Å². The van der Waals surface area contributed by atoms with Gasteiger partial charge in [0.1, 0.15) is 0 Å². The summed E-state index contributed by atoms with van der Waals surface area (Å²) >= 11 is 0. The first-order chi connectivity index (χ1) is 13.6. The minimum Gasteiger partial charge on any atom is -0.309 e. The van der Waals surface area contributed by atoms with Gasteiger partial charge in [0.25, 0.3) is 0 Å². The molecule has 0 unspecified atom stereocenters. The van der Waals surface area contributed by atoms with E-state index in [1.54, 1.807) is 33.8 Å². The highest BCUT2D eigenvalue weighted by molar-refractivity contribution is 5.92. The second-order valence-corrected chi connectivity index (χ2v) is 6.59. The van der Waals surface area contributed by atoms with Gasteiger partial charge in [0, 0.05) is 24.7 Å². The Morgan fingerprint density at radius 1 is 1.14 bits per heavy atom. The van der Waals surface area contributed by atoms with Crippen LogP contribution < -0.4 is 5.32 Å². The second-order valence-electron chi connectivity index (χ2n) is 6.59. The van der Waals surface area contributed by atoms with Crippen LogP contribution >= 0.6 is 0 Å². The van der Waals surface area contributed by atoms with Crippen molar-refractivity contribution in [2.45, 2.75) is 13.0 Å². The Hall–Kier alpha value is -3.92. The van der Waals surface area contributed by atoms with Crippen molar-refractivity contribution < 1.29 is 4.79 Å². The summed E-state index contributed by atoms with van der Waals surface area (Å²) in [4.78, 5) is 12.4. The number of nitrogens with one attached hydrogen (secondary N) is 1. The third-order valence-corrected chi connectivity index (χ3v) is 4.51. The van der Waals surface area contributed by atoms with E-state index in [-0.39, 0.29) is 12.3 Å². The number of benzene rings is 2. The fourth-order valence-electron chi connectivity index (χ4n) is 3.06. The molecule has 2 aromatic carbocycles. The molecule has 0 aliphatic carbocycles. The standard InChI is InChI=1S/C21H18N6O/c1-26-19-10-17(6-7-18(19)13-23-26)11-21(28)24-20-8-9-27(25-20)14-16-4-2-15(12-22)3-5-16/h2-10,13H,11,14H2,1H3,(H,24,25,28). The number of rotatable bonds is 5. The van der Waals surface area contributed by atoms with Crippen LogP contribution in [0.4, 0.5) is 5.82 Å². The molecule has 2 aromatic heterocycles. The highest BCUT2D eigenvalue weighted by atomic mass is 16.1. The van der Waals surface area contributed by atoms with Gasteiger partial charge in [0.2, 0.25) is 5.91 Å². The molecule has 1 N–H and O–H groups in total. The van der Waals surface area contributed by atoms with E-state index in [1.807, 2.05) is 43.6 Å². The first-order valence-electron chi connectivity index (χ1n) is 8.84. The van der Waals surface area contributed by atoms with Crippen molar-refractivity contribution in [3.05, 3.63) is 77.6 Å². The molecule has 0 saturated heterocycles. The van der Waals surface area contributed by atoms with Crippen molar-refractivity contribution >= 4 is 22.6 Å². The molecule has 138 valence electrons. The molecule has 0 radical (unpaired) electrons. The zero-order chi connectivity index (χ0) is 19.5. The molecule has 7 heteroatoms. The Labute approximate surface area is 161 Å². The predicted molar refractivity (Wildman–Crippen MR) is 106 cm³/mol. The lowest BCUT2D eigenvalue weighted by molar-refractivity contribution is -0.115. The summed E-state index contributed by atoms with van der Waals surface area (Å²) in [5.74, 6) is 0.394. The summed E-state index contributed by atoms with van der Waals surface area (Å²) in [6.07, 6.45) is 3.89. The van der Waals surface area contributed by atoms with E-state index < -0.39 is 0 Å². The van der Waals surface area contributed by atoms with Crippen LogP contribution in [0.15, 0.2) is 60.9 Å². The van der Waals surface area contributed by atoms with E-state index in [0.29, 0.717) is 17.9 Å². The van der Waals surface area contributed by atoms with Crippen LogP contribution in [-0.4, -0.2) is 25.5 Å². The Bertz CT molecular complexity index is 1180. The minimum atomic E-state index is -0.120. The first-order valence-corrected chi connectivity index (χ1v) is 8.84. The van der Waals surface area contributed by atoms with E-state index in [1.165, 1.54) is 0 Å².